The Bertz CT molecular complexity index is 463. The van der Waals surface area contributed by atoms with E-state index < -0.39 is 12.2 Å². The molecule has 1 saturated carbocycles. The average molecular weight is 263 g/mol. The highest BCUT2D eigenvalue weighted by Crippen LogP contribution is 2.31. The first-order valence-electron chi connectivity index (χ1n) is 6.97. The van der Waals surface area contributed by atoms with Gasteiger partial charge in [-0.1, -0.05) is 12.1 Å². The summed E-state index contributed by atoms with van der Waals surface area (Å²) >= 11 is 0. The fraction of sp³-hybridized carbons (Fsp3) is 0.600. The molecule has 4 nitrogen and oxygen atoms in total. The minimum absolute atomic E-state index is 0.284. The minimum atomic E-state index is -0.767. The third kappa shape index (κ3) is 2.48. The number of fused-ring (bicyclic) bond motifs is 1. The van der Waals surface area contributed by atoms with E-state index in [0.717, 1.165) is 25.3 Å². The molecule has 0 amide bonds. The molecule has 104 valence electrons. The molecule has 1 aliphatic heterocycles. The van der Waals surface area contributed by atoms with Gasteiger partial charge in [0.15, 0.2) is 0 Å². The van der Waals surface area contributed by atoms with Crippen molar-refractivity contribution >= 4 is 0 Å². The number of likely N-dealkylation sites (N-methyl/N-ethyl adjacent to an activating group) is 1. The summed E-state index contributed by atoms with van der Waals surface area (Å²) in [6.07, 6.45) is 0.666. The second-order valence-corrected chi connectivity index (χ2v) is 5.67. The van der Waals surface area contributed by atoms with Crippen LogP contribution in [0.2, 0.25) is 0 Å². The number of aliphatic hydroxyl groups excluding tert-OH is 2. The molecule has 1 fully saturated rings. The zero-order valence-electron chi connectivity index (χ0n) is 11.2. The van der Waals surface area contributed by atoms with Crippen molar-refractivity contribution in [1.29, 1.82) is 0 Å². The highest BCUT2D eigenvalue weighted by atomic mass is 16.5. The van der Waals surface area contributed by atoms with Crippen molar-refractivity contribution in [2.45, 2.75) is 44.1 Å². The van der Waals surface area contributed by atoms with Gasteiger partial charge < -0.3 is 19.8 Å². The number of rotatable bonds is 2. The molecule has 0 saturated heterocycles. The summed E-state index contributed by atoms with van der Waals surface area (Å²) in [6.45, 7) is 1.96. The van der Waals surface area contributed by atoms with Gasteiger partial charge in [0, 0.05) is 18.7 Å². The van der Waals surface area contributed by atoms with E-state index in [9.17, 15) is 10.2 Å². The summed E-state index contributed by atoms with van der Waals surface area (Å²) in [5.41, 5.74) is 2.56. The van der Waals surface area contributed by atoms with Gasteiger partial charge in [-0.2, -0.15) is 0 Å². The Kier molecular flexibility index (Phi) is 3.48. The van der Waals surface area contributed by atoms with Crippen LogP contribution in [0.25, 0.3) is 0 Å². The van der Waals surface area contributed by atoms with Gasteiger partial charge in [0.2, 0.25) is 0 Å². The zero-order chi connectivity index (χ0) is 13.4. The molecule has 2 N–H and O–H groups in total. The normalized spacial score (nSPS) is 31.2. The van der Waals surface area contributed by atoms with Crippen LogP contribution in [-0.4, -0.2) is 47.0 Å². The molecule has 2 aliphatic rings. The maximum absolute atomic E-state index is 9.89. The maximum Gasteiger partial charge on any atom is 0.127 e. The number of aliphatic hydroxyl groups is 2. The molecule has 3 rings (SSSR count). The van der Waals surface area contributed by atoms with Crippen molar-refractivity contribution in [3.63, 3.8) is 0 Å². The topological polar surface area (TPSA) is 52.9 Å². The highest BCUT2D eigenvalue weighted by Gasteiger charge is 2.35. The molecule has 19 heavy (non-hydrogen) atoms. The second kappa shape index (κ2) is 5.12. The number of nitrogens with zero attached hydrogens (tertiary/aromatic N) is 1. The molecule has 4 heteroatoms. The summed E-state index contributed by atoms with van der Waals surface area (Å²) in [7, 11) is 2.11. The molecule has 1 aromatic rings. The minimum Gasteiger partial charge on any atom is -0.487 e. The van der Waals surface area contributed by atoms with Crippen molar-refractivity contribution in [2.75, 3.05) is 13.6 Å². The summed E-state index contributed by atoms with van der Waals surface area (Å²) in [5, 5.41) is 19.5. The first-order valence-corrected chi connectivity index (χ1v) is 6.97. The van der Waals surface area contributed by atoms with Crippen molar-refractivity contribution < 1.29 is 14.9 Å². The van der Waals surface area contributed by atoms with E-state index in [0.29, 0.717) is 12.8 Å². The van der Waals surface area contributed by atoms with Crippen molar-refractivity contribution in [3.8, 4) is 5.75 Å². The molecule has 0 bridgehead atoms. The summed E-state index contributed by atoms with van der Waals surface area (Å²) in [4.78, 5) is 2.27. The first-order chi connectivity index (χ1) is 9.15. The van der Waals surface area contributed by atoms with Gasteiger partial charge in [-0.3, -0.25) is 0 Å². The quantitative estimate of drug-likeness (QED) is 0.834. The van der Waals surface area contributed by atoms with Gasteiger partial charge >= 0.3 is 0 Å². The number of ether oxygens (including phenoxy) is 1. The predicted molar refractivity (Wildman–Crippen MR) is 72.1 cm³/mol. The first kappa shape index (κ1) is 12.9. The monoisotopic (exact) mass is 263 g/mol. The molecule has 3 atom stereocenters. The Hall–Kier alpha value is -1.10. The van der Waals surface area contributed by atoms with Gasteiger partial charge in [-0.25, -0.2) is 0 Å². The smallest absolute Gasteiger partial charge is 0.127 e. The Balaban J connectivity index is 1.82. The lowest BCUT2D eigenvalue weighted by Crippen LogP contribution is -2.34. The summed E-state index contributed by atoms with van der Waals surface area (Å²) in [6, 6.07) is 6.13. The number of benzene rings is 1. The summed E-state index contributed by atoms with van der Waals surface area (Å²) in [5.74, 6) is 0.863. The third-order valence-corrected chi connectivity index (χ3v) is 4.22. The molecule has 3 unspecified atom stereocenters. The summed E-state index contributed by atoms with van der Waals surface area (Å²) < 4.78 is 5.97. The molecule has 1 heterocycles. The molecule has 0 spiro atoms. The SMILES string of the molecule is CN1CCc2cccc(OC3CCC(O)C3O)c2C1. The molecule has 1 aromatic carbocycles. The van der Waals surface area contributed by atoms with Crippen LogP contribution < -0.4 is 4.74 Å². The average Bonchev–Trinajstić information content (AvgIpc) is 2.71. The predicted octanol–water partition coefficient (Wildman–Crippen LogP) is 0.937. The molecular formula is C15H21NO3. The molecule has 0 radical (unpaired) electrons. The standard InChI is InChI=1S/C15H21NO3/c1-16-8-7-10-3-2-4-13(11(10)9-16)19-14-6-5-12(17)15(14)18/h2-4,12,14-15,17-18H,5-9H2,1H3. The van der Waals surface area contributed by atoms with Crippen LogP contribution in [0.4, 0.5) is 0 Å². The Labute approximate surface area is 113 Å². The Morgan fingerprint density at radius 1 is 1.26 bits per heavy atom. The van der Waals surface area contributed by atoms with Crippen LogP contribution >= 0.6 is 0 Å². The van der Waals surface area contributed by atoms with E-state index in [2.05, 4.69) is 18.0 Å². The van der Waals surface area contributed by atoms with Crippen LogP contribution in [0.5, 0.6) is 5.75 Å². The van der Waals surface area contributed by atoms with E-state index in [4.69, 9.17) is 4.74 Å². The van der Waals surface area contributed by atoms with E-state index in [1.165, 1.54) is 11.1 Å². The van der Waals surface area contributed by atoms with Gasteiger partial charge in [0.25, 0.3) is 0 Å². The third-order valence-electron chi connectivity index (χ3n) is 4.22. The Morgan fingerprint density at radius 3 is 2.84 bits per heavy atom. The highest BCUT2D eigenvalue weighted by molar-refractivity contribution is 5.41. The van der Waals surface area contributed by atoms with E-state index >= 15 is 0 Å². The fourth-order valence-corrected chi connectivity index (χ4v) is 3.01. The van der Waals surface area contributed by atoms with Crippen molar-refractivity contribution in [2.24, 2.45) is 0 Å². The maximum atomic E-state index is 9.89. The van der Waals surface area contributed by atoms with Gasteiger partial charge in [0.1, 0.15) is 18.0 Å². The number of hydrogen-bond donors (Lipinski definition) is 2. The van der Waals surface area contributed by atoms with Gasteiger partial charge in [-0.05, 0) is 37.9 Å². The van der Waals surface area contributed by atoms with Crippen LogP contribution in [-0.2, 0) is 13.0 Å². The van der Waals surface area contributed by atoms with Crippen LogP contribution in [0.3, 0.4) is 0 Å². The largest absolute Gasteiger partial charge is 0.487 e. The van der Waals surface area contributed by atoms with Crippen molar-refractivity contribution in [1.82, 2.24) is 4.90 Å². The second-order valence-electron chi connectivity index (χ2n) is 5.67. The Morgan fingerprint density at radius 2 is 2.11 bits per heavy atom. The molecule has 1 aliphatic carbocycles. The van der Waals surface area contributed by atoms with E-state index in [1.807, 2.05) is 12.1 Å². The zero-order valence-corrected chi connectivity index (χ0v) is 11.2. The van der Waals surface area contributed by atoms with Crippen LogP contribution in [0.1, 0.15) is 24.0 Å². The number of hydrogen-bond acceptors (Lipinski definition) is 4. The van der Waals surface area contributed by atoms with Gasteiger partial charge in [-0.15, -0.1) is 0 Å². The fourth-order valence-electron chi connectivity index (χ4n) is 3.01. The van der Waals surface area contributed by atoms with Crippen molar-refractivity contribution in [3.05, 3.63) is 29.3 Å². The lowest BCUT2D eigenvalue weighted by Gasteiger charge is -2.28. The molecular weight excluding hydrogens is 242 g/mol. The van der Waals surface area contributed by atoms with E-state index in [-0.39, 0.29) is 6.10 Å². The van der Waals surface area contributed by atoms with Gasteiger partial charge in [0.05, 0.1) is 6.10 Å². The molecule has 0 aromatic heterocycles. The lowest BCUT2D eigenvalue weighted by molar-refractivity contribution is -0.00925. The lowest BCUT2D eigenvalue weighted by atomic mass is 9.99. The van der Waals surface area contributed by atoms with Crippen LogP contribution in [0.15, 0.2) is 18.2 Å². The van der Waals surface area contributed by atoms with E-state index in [1.54, 1.807) is 0 Å². The van der Waals surface area contributed by atoms with Crippen LogP contribution in [0, 0.1) is 0 Å².